The Morgan fingerprint density at radius 2 is 1.89 bits per heavy atom. The molecule has 4 aromatic rings. The molecule has 5 nitrogen and oxygen atoms in total. The molecule has 0 bridgehead atoms. The molecule has 142 valence electrons. The summed E-state index contributed by atoms with van der Waals surface area (Å²) in [5, 5.41) is 6.93. The number of hydrogen-bond acceptors (Lipinski definition) is 3. The molecule has 2 aromatic carbocycles. The maximum atomic E-state index is 4.17. The fraction of sp³-hybridized carbons (Fsp3) is 0.217. The minimum atomic E-state index is 0.337. The van der Waals surface area contributed by atoms with E-state index in [-0.39, 0.29) is 0 Å². The largest absolute Gasteiger partial charge is 0.309 e. The van der Waals surface area contributed by atoms with Crippen LogP contribution in [0.4, 0.5) is 0 Å². The molecule has 0 radical (unpaired) electrons. The van der Waals surface area contributed by atoms with Gasteiger partial charge in [0.2, 0.25) is 0 Å². The van der Waals surface area contributed by atoms with Crippen LogP contribution in [0.3, 0.4) is 0 Å². The minimum Gasteiger partial charge on any atom is -0.309 e. The Hall–Kier alpha value is -3.18. The van der Waals surface area contributed by atoms with Crippen molar-refractivity contribution >= 4 is 0 Å². The second-order valence-electron chi connectivity index (χ2n) is 7.32. The third-order valence-electron chi connectivity index (χ3n) is 5.08. The van der Waals surface area contributed by atoms with Crippen LogP contribution in [0.2, 0.25) is 0 Å². The number of H-pyrrole nitrogens is 1. The van der Waals surface area contributed by atoms with Crippen molar-refractivity contribution in [2.45, 2.75) is 12.3 Å². The number of nitrogens with one attached hydrogen (secondary N) is 1. The third-order valence-corrected chi connectivity index (χ3v) is 5.08. The molecule has 2 heterocycles. The normalized spacial score (nSPS) is 12.4. The first-order valence-electron chi connectivity index (χ1n) is 9.53. The fourth-order valence-corrected chi connectivity index (χ4v) is 3.54. The number of imidazole rings is 1. The zero-order chi connectivity index (χ0) is 19.3. The van der Waals surface area contributed by atoms with Crippen molar-refractivity contribution in [1.82, 2.24) is 24.6 Å². The molecular weight excluding hydrogens is 346 g/mol. The van der Waals surface area contributed by atoms with Gasteiger partial charge in [-0.15, -0.1) is 0 Å². The highest BCUT2D eigenvalue weighted by atomic mass is 15.1. The Balaban J connectivity index is 1.66. The van der Waals surface area contributed by atoms with Crippen LogP contribution < -0.4 is 0 Å². The molecule has 0 fully saturated rings. The van der Waals surface area contributed by atoms with Gasteiger partial charge in [-0.2, -0.15) is 5.10 Å². The number of aromatic amines is 1. The standard InChI is InChI=1S/C23H25N5/c1-27(2)12-10-23(19-8-6-18(7-9-19)21-15-25-26-16-21)20-4-3-5-22(14-20)28-13-11-24-17-28/h3-9,11,13-17,23H,10,12H2,1-2H3,(H,25,26). The van der Waals surface area contributed by atoms with E-state index >= 15 is 0 Å². The summed E-state index contributed by atoms with van der Waals surface area (Å²) < 4.78 is 2.05. The highest BCUT2D eigenvalue weighted by Gasteiger charge is 2.16. The molecule has 0 spiro atoms. The first-order chi connectivity index (χ1) is 13.7. The van der Waals surface area contributed by atoms with Crippen LogP contribution in [-0.2, 0) is 0 Å². The monoisotopic (exact) mass is 371 g/mol. The van der Waals surface area contributed by atoms with Crippen LogP contribution in [0.15, 0.2) is 79.6 Å². The predicted molar refractivity (Wildman–Crippen MR) is 113 cm³/mol. The Bertz CT molecular complexity index is 986. The summed E-state index contributed by atoms with van der Waals surface area (Å²) in [6, 6.07) is 17.6. The highest BCUT2D eigenvalue weighted by molar-refractivity contribution is 5.62. The molecule has 28 heavy (non-hydrogen) atoms. The Morgan fingerprint density at radius 3 is 2.57 bits per heavy atom. The summed E-state index contributed by atoms with van der Waals surface area (Å²) in [7, 11) is 4.25. The van der Waals surface area contributed by atoms with E-state index in [4.69, 9.17) is 0 Å². The second kappa shape index (κ2) is 8.23. The maximum Gasteiger partial charge on any atom is 0.0991 e. The molecule has 0 saturated heterocycles. The molecule has 0 saturated carbocycles. The molecule has 2 aromatic heterocycles. The lowest BCUT2D eigenvalue weighted by molar-refractivity contribution is 0.390. The van der Waals surface area contributed by atoms with E-state index in [1.807, 2.05) is 31.1 Å². The van der Waals surface area contributed by atoms with Crippen molar-refractivity contribution in [3.05, 3.63) is 90.8 Å². The van der Waals surface area contributed by atoms with Gasteiger partial charge in [0.15, 0.2) is 0 Å². The lowest BCUT2D eigenvalue weighted by Crippen LogP contribution is -2.16. The molecule has 1 unspecified atom stereocenters. The molecule has 0 aliphatic rings. The van der Waals surface area contributed by atoms with Gasteiger partial charge >= 0.3 is 0 Å². The van der Waals surface area contributed by atoms with Crippen LogP contribution in [0.5, 0.6) is 0 Å². The molecule has 1 N–H and O–H groups in total. The van der Waals surface area contributed by atoms with Crippen LogP contribution in [-0.4, -0.2) is 45.3 Å². The van der Waals surface area contributed by atoms with Crippen molar-refractivity contribution in [3.8, 4) is 16.8 Å². The molecular formula is C23H25N5. The van der Waals surface area contributed by atoms with Gasteiger partial charge in [-0.1, -0.05) is 36.4 Å². The molecule has 0 amide bonds. The second-order valence-corrected chi connectivity index (χ2v) is 7.32. The minimum absolute atomic E-state index is 0.337. The van der Waals surface area contributed by atoms with Gasteiger partial charge in [0.05, 0.1) is 12.5 Å². The number of aromatic nitrogens is 4. The van der Waals surface area contributed by atoms with Crippen molar-refractivity contribution < 1.29 is 0 Å². The Kier molecular flexibility index (Phi) is 5.35. The van der Waals surface area contributed by atoms with Gasteiger partial charge in [-0.05, 0) is 55.9 Å². The number of benzene rings is 2. The van der Waals surface area contributed by atoms with Crippen LogP contribution in [0, 0.1) is 0 Å². The molecule has 5 heteroatoms. The smallest absolute Gasteiger partial charge is 0.0991 e. The number of hydrogen-bond donors (Lipinski definition) is 1. The van der Waals surface area contributed by atoms with Crippen molar-refractivity contribution in [2.75, 3.05) is 20.6 Å². The zero-order valence-corrected chi connectivity index (χ0v) is 16.3. The van der Waals surface area contributed by atoms with Gasteiger partial charge in [0.1, 0.15) is 0 Å². The molecule has 1 atom stereocenters. The molecule has 4 rings (SSSR count). The highest BCUT2D eigenvalue weighted by Crippen LogP contribution is 2.31. The average molecular weight is 371 g/mol. The van der Waals surface area contributed by atoms with Gasteiger partial charge in [0, 0.05) is 35.8 Å². The first-order valence-corrected chi connectivity index (χ1v) is 9.53. The predicted octanol–water partition coefficient (Wildman–Crippen LogP) is 4.35. The maximum absolute atomic E-state index is 4.17. The summed E-state index contributed by atoms with van der Waals surface area (Å²) in [5.41, 5.74) is 6.08. The topological polar surface area (TPSA) is 49.7 Å². The lowest BCUT2D eigenvalue weighted by Gasteiger charge is -2.21. The first kappa shape index (κ1) is 18.2. The summed E-state index contributed by atoms with van der Waals surface area (Å²) in [6.07, 6.45) is 10.5. The van der Waals surface area contributed by atoms with Crippen LogP contribution in [0.25, 0.3) is 16.8 Å². The van der Waals surface area contributed by atoms with Crippen molar-refractivity contribution in [1.29, 1.82) is 0 Å². The van der Waals surface area contributed by atoms with E-state index in [0.29, 0.717) is 5.92 Å². The van der Waals surface area contributed by atoms with E-state index < -0.39 is 0 Å². The van der Waals surface area contributed by atoms with Gasteiger partial charge < -0.3 is 9.47 Å². The Morgan fingerprint density at radius 1 is 1.04 bits per heavy atom. The van der Waals surface area contributed by atoms with Crippen LogP contribution in [0.1, 0.15) is 23.5 Å². The molecule has 0 aliphatic heterocycles. The van der Waals surface area contributed by atoms with E-state index in [2.05, 4.69) is 87.3 Å². The quantitative estimate of drug-likeness (QED) is 0.525. The SMILES string of the molecule is CN(C)CCC(c1ccc(-c2cn[nH]c2)cc1)c1cccc(-n2ccnc2)c1. The zero-order valence-electron chi connectivity index (χ0n) is 16.3. The molecule has 0 aliphatic carbocycles. The van der Waals surface area contributed by atoms with Crippen LogP contribution >= 0.6 is 0 Å². The third kappa shape index (κ3) is 4.05. The summed E-state index contributed by atoms with van der Waals surface area (Å²) in [6.45, 7) is 1.03. The number of rotatable bonds is 7. The Labute approximate surface area is 165 Å². The van der Waals surface area contributed by atoms with E-state index in [0.717, 1.165) is 24.2 Å². The van der Waals surface area contributed by atoms with Gasteiger partial charge in [0.25, 0.3) is 0 Å². The van der Waals surface area contributed by atoms with E-state index in [1.54, 1.807) is 0 Å². The number of nitrogens with zero attached hydrogens (tertiary/aromatic N) is 4. The summed E-state index contributed by atoms with van der Waals surface area (Å²) in [4.78, 5) is 6.42. The summed E-state index contributed by atoms with van der Waals surface area (Å²) >= 11 is 0. The van der Waals surface area contributed by atoms with E-state index in [1.165, 1.54) is 16.7 Å². The van der Waals surface area contributed by atoms with Gasteiger partial charge in [-0.25, -0.2) is 4.98 Å². The fourth-order valence-electron chi connectivity index (χ4n) is 3.54. The van der Waals surface area contributed by atoms with Crippen molar-refractivity contribution in [2.24, 2.45) is 0 Å². The van der Waals surface area contributed by atoms with Crippen molar-refractivity contribution in [3.63, 3.8) is 0 Å². The summed E-state index contributed by atoms with van der Waals surface area (Å²) in [5.74, 6) is 0.337. The van der Waals surface area contributed by atoms with E-state index in [9.17, 15) is 0 Å². The van der Waals surface area contributed by atoms with Gasteiger partial charge in [-0.3, -0.25) is 5.10 Å². The lowest BCUT2D eigenvalue weighted by atomic mass is 9.87. The average Bonchev–Trinajstić information content (AvgIpc) is 3.43.